The molecule has 1 aliphatic heterocycles. The Morgan fingerprint density at radius 2 is 1.72 bits per heavy atom. The van der Waals surface area contributed by atoms with Gasteiger partial charge in [-0.25, -0.2) is 0 Å². The van der Waals surface area contributed by atoms with Crippen molar-refractivity contribution in [2.24, 2.45) is 5.92 Å². The molecule has 1 radical (unpaired) electrons. The van der Waals surface area contributed by atoms with E-state index in [1.165, 1.54) is 0 Å². The van der Waals surface area contributed by atoms with Crippen LogP contribution in [0.2, 0.25) is 0 Å². The number of amides is 1. The molecule has 1 saturated heterocycles. The summed E-state index contributed by atoms with van der Waals surface area (Å²) in [5, 5.41) is 16.3. The molecular weight excluding hydrogens is 228 g/mol. The maximum Gasteiger partial charge on any atom is 0.223 e. The number of hydroxylamine groups is 2. The van der Waals surface area contributed by atoms with Crippen molar-refractivity contribution < 1.29 is 10.0 Å². The van der Waals surface area contributed by atoms with E-state index in [0.717, 1.165) is 24.4 Å². The molecule has 1 N–H and O–H groups in total. The second kappa shape index (κ2) is 5.57. The molecule has 0 unspecified atom stereocenters. The first-order valence-electron chi connectivity index (χ1n) is 6.96. The molecule has 0 aliphatic carbocycles. The highest BCUT2D eigenvalue weighted by atomic mass is 16.5. The second-order valence-corrected chi connectivity index (χ2v) is 6.67. The molecule has 4 nitrogen and oxygen atoms in total. The van der Waals surface area contributed by atoms with E-state index in [2.05, 4.69) is 12.2 Å². The normalized spacial score (nSPS) is 23.9. The fourth-order valence-electron chi connectivity index (χ4n) is 2.98. The summed E-state index contributed by atoms with van der Waals surface area (Å²) in [4.78, 5) is 12.1. The molecule has 0 bridgehead atoms. The van der Waals surface area contributed by atoms with Crippen LogP contribution in [0.3, 0.4) is 0 Å². The van der Waals surface area contributed by atoms with E-state index < -0.39 is 11.1 Å². The lowest BCUT2D eigenvalue weighted by atomic mass is 9.75. The van der Waals surface area contributed by atoms with Crippen LogP contribution in [0.5, 0.6) is 0 Å². The van der Waals surface area contributed by atoms with E-state index in [1.54, 1.807) is 0 Å². The second-order valence-electron chi connectivity index (χ2n) is 6.67. The van der Waals surface area contributed by atoms with Gasteiger partial charge in [-0.3, -0.25) is 4.79 Å². The summed E-state index contributed by atoms with van der Waals surface area (Å²) >= 11 is 0. The molecule has 1 fully saturated rings. The number of rotatable bonds is 4. The van der Waals surface area contributed by atoms with Crippen molar-refractivity contribution in [3.05, 3.63) is 0 Å². The Morgan fingerprint density at radius 3 is 2.17 bits per heavy atom. The van der Waals surface area contributed by atoms with E-state index >= 15 is 0 Å². The minimum Gasteiger partial charge on any atom is -0.356 e. The highest BCUT2D eigenvalue weighted by Crippen LogP contribution is 2.40. The van der Waals surface area contributed by atoms with E-state index in [9.17, 15) is 10.0 Å². The monoisotopic (exact) mass is 255 g/mol. The predicted octanol–water partition coefficient (Wildman–Crippen LogP) is 2.52. The Hall–Kier alpha value is -0.610. The van der Waals surface area contributed by atoms with Crippen molar-refractivity contribution in [3.8, 4) is 0 Å². The Kier molecular flexibility index (Phi) is 4.78. The average molecular weight is 255 g/mol. The van der Waals surface area contributed by atoms with Gasteiger partial charge in [0.25, 0.3) is 0 Å². The van der Waals surface area contributed by atoms with E-state index in [1.807, 2.05) is 27.7 Å². The molecular formula is C14H27N2O2. The van der Waals surface area contributed by atoms with Crippen molar-refractivity contribution in [1.82, 2.24) is 10.4 Å². The minimum atomic E-state index is -0.464. The third-order valence-corrected chi connectivity index (χ3v) is 3.79. The third kappa shape index (κ3) is 3.45. The fourth-order valence-corrected chi connectivity index (χ4v) is 2.98. The molecule has 0 aromatic carbocycles. The maximum atomic E-state index is 12.2. The molecule has 18 heavy (non-hydrogen) atoms. The van der Waals surface area contributed by atoms with Crippen molar-refractivity contribution in [1.29, 1.82) is 0 Å². The lowest BCUT2D eigenvalue weighted by Gasteiger charge is -2.49. The number of hydrogen-bond donors (Lipinski definition) is 1. The Bertz CT molecular complexity index is 282. The molecule has 0 atom stereocenters. The van der Waals surface area contributed by atoms with E-state index in [4.69, 9.17) is 0 Å². The van der Waals surface area contributed by atoms with Crippen LogP contribution in [-0.2, 0) is 10.0 Å². The number of hydrogen-bond acceptors (Lipinski definition) is 2. The van der Waals surface area contributed by atoms with E-state index in [-0.39, 0.29) is 11.8 Å². The van der Waals surface area contributed by atoms with Gasteiger partial charge < -0.3 is 5.32 Å². The summed E-state index contributed by atoms with van der Waals surface area (Å²) < 4.78 is 0. The number of nitrogens with zero attached hydrogens (tertiary/aromatic N) is 1. The van der Waals surface area contributed by atoms with Gasteiger partial charge in [0.05, 0.1) is 0 Å². The van der Waals surface area contributed by atoms with Crippen LogP contribution in [-0.4, -0.2) is 28.6 Å². The van der Waals surface area contributed by atoms with Crippen molar-refractivity contribution in [2.45, 2.75) is 71.4 Å². The van der Waals surface area contributed by atoms with Crippen molar-refractivity contribution in [2.75, 3.05) is 6.54 Å². The first-order chi connectivity index (χ1) is 8.20. The average Bonchev–Trinajstić information content (AvgIpc) is 2.25. The van der Waals surface area contributed by atoms with Gasteiger partial charge in [-0.2, -0.15) is 0 Å². The smallest absolute Gasteiger partial charge is 0.223 e. The number of piperidine rings is 1. The quantitative estimate of drug-likeness (QED) is 0.785. The lowest BCUT2D eigenvalue weighted by Crippen LogP contribution is -2.60. The van der Waals surface area contributed by atoms with Crippen LogP contribution in [0, 0.1) is 5.92 Å². The summed E-state index contributed by atoms with van der Waals surface area (Å²) in [5.41, 5.74) is -0.928. The number of nitrogens with one attached hydrogen (secondary N) is 1. The molecule has 0 spiro atoms. The minimum absolute atomic E-state index is 0.0444. The predicted molar refractivity (Wildman–Crippen MR) is 71.3 cm³/mol. The third-order valence-electron chi connectivity index (χ3n) is 3.79. The summed E-state index contributed by atoms with van der Waals surface area (Å²) in [5.74, 6) is 0.0646. The van der Waals surface area contributed by atoms with Gasteiger partial charge in [-0.05, 0) is 47.0 Å². The fraction of sp³-hybridized carbons (Fsp3) is 0.929. The molecule has 1 heterocycles. The number of carbonyl (C=O) groups is 1. The van der Waals surface area contributed by atoms with E-state index in [0.29, 0.717) is 12.8 Å². The number of unbranched alkanes of at least 4 members (excludes halogenated alkanes) is 1. The van der Waals surface area contributed by atoms with Gasteiger partial charge in [0.15, 0.2) is 0 Å². The maximum absolute atomic E-state index is 12.2. The van der Waals surface area contributed by atoms with Gasteiger partial charge in [0, 0.05) is 23.5 Å². The summed E-state index contributed by atoms with van der Waals surface area (Å²) in [6.07, 6.45) is 3.37. The Balaban J connectivity index is 2.65. The van der Waals surface area contributed by atoms with Gasteiger partial charge in [-0.1, -0.05) is 13.3 Å². The summed E-state index contributed by atoms with van der Waals surface area (Å²) in [6.45, 7) is 10.5. The molecule has 1 rings (SSSR count). The molecule has 0 aromatic rings. The van der Waals surface area contributed by atoms with Crippen LogP contribution < -0.4 is 5.32 Å². The van der Waals surface area contributed by atoms with Gasteiger partial charge in [0.1, 0.15) is 0 Å². The zero-order valence-corrected chi connectivity index (χ0v) is 12.4. The Labute approximate surface area is 111 Å². The van der Waals surface area contributed by atoms with Crippen LogP contribution >= 0.6 is 0 Å². The molecule has 105 valence electrons. The van der Waals surface area contributed by atoms with Gasteiger partial charge in [-0.15, -0.1) is 10.3 Å². The number of carbonyl (C=O) groups excluding carboxylic acids is 1. The van der Waals surface area contributed by atoms with Crippen LogP contribution in [0.4, 0.5) is 0 Å². The summed E-state index contributed by atoms with van der Waals surface area (Å²) in [6, 6.07) is 0. The van der Waals surface area contributed by atoms with Crippen LogP contribution in [0.1, 0.15) is 60.3 Å². The largest absolute Gasteiger partial charge is 0.356 e. The molecule has 1 aliphatic rings. The van der Waals surface area contributed by atoms with Crippen molar-refractivity contribution >= 4 is 5.91 Å². The van der Waals surface area contributed by atoms with Gasteiger partial charge in [0.2, 0.25) is 5.91 Å². The van der Waals surface area contributed by atoms with Crippen molar-refractivity contribution in [3.63, 3.8) is 0 Å². The van der Waals surface area contributed by atoms with Gasteiger partial charge >= 0.3 is 0 Å². The molecule has 0 saturated carbocycles. The topological polar surface area (TPSA) is 52.2 Å². The SMILES string of the molecule is CCCCNC(=O)C1CC(C)(C)N([O])C(C)(C)C1. The Morgan fingerprint density at radius 1 is 1.22 bits per heavy atom. The zero-order chi connectivity index (χ0) is 14.0. The summed E-state index contributed by atoms with van der Waals surface area (Å²) in [7, 11) is 0. The molecule has 0 aromatic heterocycles. The molecule has 1 amide bonds. The first-order valence-corrected chi connectivity index (χ1v) is 6.96. The van der Waals surface area contributed by atoms with Crippen LogP contribution in [0.15, 0.2) is 0 Å². The highest BCUT2D eigenvalue weighted by Gasteiger charge is 2.47. The first kappa shape index (κ1) is 15.4. The van der Waals surface area contributed by atoms with Crippen LogP contribution in [0.25, 0.3) is 0 Å². The highest BCUT2D eigenvalue weighted by molar-refractivity contribution is 5.79. The standard InChI is InChI=1S/C14H27N2O2/c1-6-7-8-15-12(17)11-9-13(2,3)16(18)14(4,5)10-11/h11H,6-10H2,1-5H3,(H,15,17). The molecule has 4 heteroatoms. The lowest BCUT2D eigenvalue weighted by molar-refractivity contribution is -0.292. The zero-order valence-electron chi connectivity index (χ0n) is 12.4.